The van der Waals surface area contributed by atoms with Gasteiger partial charge in [-0.05, 0) is 98.1 Å². The minimum absolute atomic E-state index is 0.0343. The molecule has 3 aromatic rings. The molecule has 0 radical (unpaired) electrons. The Balaban J connectivity index is 1.46. The van der Waals surface area contributed by atoms with Gasteiger partial charge in [-0.1, -0.05) is 55.8 Å². The first-order valence-corrected chi connectivity index (χ1v) is 15.6. The second kappa shape index (κ2) is 12.9. The van der Waals surface area contributed by atoms with Crippen LogP contribution in [0.4, 0.5) is 23.7 Å². The van der Waals surface area contributed by atoms with E-state index in [4.69, 9.17) is 9.47 Å². The zero-order chi connectivity index (χ0) is 33.4. The zero-order valence-corrected chi connectivity index (χ0v) is 27.1. The van der Waals surface area contributed by atoms with Crippen molar-refractivity contribution in [3.63, 3.8) is 0 Å². The van der Waals surface area contributed by atoms with E-state index in [2.05, 4.69) is 19.2 Å². The van der Waals surface area contributed by atoms with Gasteiger partial charge in [0, 0.05) is 17.8 Å². The van der Waals surface area contributed by atoms with Crippen molar-refractivity contribution in [3.8, 4) is 5.75 Å². The van der Waals surface area contributed by atoms with Crippen LogP contribution < -0.4 is 10.1 Å². The lowest BCUT2D eigenvalue weighted by molar-refractivity contribution is -0.137. The van der Waals surface area contributed by atoms with Crippen LogP contribution in [0.15, 0.2) is 72.3 Å². The second-order valence-corrected chi connectivity index (χ2v) is 13.3. The third-order valence-corrected chi connectivity index (χ3v) is 9.16. The number of alkyl halides is 3. The molecule has 3 aromatic carbocycles. The highest BCUT2D eigenvalue weighted by atomic mass is 19.4. The van der Waals surface area contributed by atoms with Crippen molar-refractivity contribution in [2.45, 2.75) is 78.1 Å². The first-order valence-electron chi connectivity index (χ1n) is 15.6. The number of rotatable bonds is 8. The Morgan fingerprint density at radius 2 is 1.83 bits per heavy atom. The molecule has 0 bridgehead atoms. The minimum Gasteiger partial charge on any atom is -0.496 e. The Labute approximate surface area is 268 Å². The molecule has 0 spiro atoms. The van der Waals surface area contributed by atoms with Crippen molar-refractivity contribution >= 4 is 23.3 Å². The van der Waals surface area contributed by atoms with E-state index in [0.717, 1.165) is 47.2 Å². The third kappa shape index (κ3) is 7.08. The van der Waals surface area contributed by atoms with E-state index in [1.807, 2.05) is 62.4 Å². The lowest BCUT2D eigenvalue weighted by atomic mass is 9.72. The lowest BCUT2D eigenvalue weighted by Crippen LogP contribution is -2.35. The SMILES string of the molecule is COc1ccc(NC(=O)[C@@H](C)c2ccccc2)cc1C1=C(CN2C(=O)O[C@H](c3cc(C)cc(C(F)(F)F)c3)[C@@H]2C)CC(C)(C)CC1. The van der Waals surface area contributed by atoms with Crippen molar-refractivity contribution in [2.24, 2.45) is 5.41 Å². The maximum atomic E-state index is 13.6. The summed E-state index contributed by atoms with van der Waals surface area (Å²) in [5, 5.41) is 3.05. The van der Waals surface area contributed by atoms with E-state index in [9.17, 15) is 22.8 Å². The normalized spacial score (nSPS) is 20.4. The highest BCUT2D eigenvalue weighted by Gasteiger charge is 2.42. The molecule has 1 aliphatic heterocycles. The smallest absolute Gasteiger partial charge is 0.416 e. The second-order valence-electron chi connectivity index (χ2n) is 13.3. The number of nitrogens with zero attached hydrogens (tertiary/aromatic N) is 1. The van der Waals surface area contributed by atoms with E-state index in [-0.39, 0.29) is 23.8 Å². The van der Waals surface area contributed by atoms with E-state index in [1.165, 1.54) is 0 Å². The summed E-state index contributed by atoms with van der Waals surface area (Å²) in [6, 6.07) is 18.4. The van der Waals surface area contributed by atoms with Gasteiger partial charge < -0.3 is 14.8 Å². The van der Waals surface area contributed by atoms with Crippen LogP contribution in [0.2, 0.25) is 0 Å². The number of amides is 2. The van der Waals surface area contributed by atoms with Gasteiger partial charge in [0.25, 0.3) is 0 Å². The van der Waals surface area contributed by atoms with Gasteiger partial charge >= 0.3 is 12.3 Å². The fourth-order valence-corrected chi connectivity index (χ4v) is 6.56. The van der Waals surface area contributed by atoms with Crippen molar-refractivity contribution in [3.05, 3.63) is 100 Å². The lowest BCUT2D eigenvalue weighted by Gasteiger charge is -2.36. The molecule has 46 heavy (non-hydrogen) atoms. The molecule has 1 heterocycles. The Kier molecular flexibility index (Phi) is 9.25. The van der Waals surface area contributed by atoms with E-state index in [0.29, 0.717) is 29.0 Å². The highest BCUT2D eigenvalue weighted by molar-refractivity contribution is 5.96. The van der Waals surface area contributed by atoms with Gasteiger partial charge in [-0.15, -0.1) is 0 Å². The Bertz CT molecular complexity index is 1650. The number of hydrogen-bond donors (Lipinski definition) is 1. The van der Waals surface area contributed by atoms with Crippen LogP contribution in [-0.4, -0.2) is 36.6 Å². The zero-order valence-electron chi connectivity index (χ0n) is 27.1. The Morgan fingerprint density at radius 3 is 2.50 bits per heavy atom. The number of carbonyl (C=O) groups is 2. The summed E-state index contributed by atoms with van der Waals surface area (Å²) in [5.74, 6) is 0.162. The van der Waals surface area contributed by atoms with Crippen LogP contribution >= 0.6 is 0 Å². The fourth-order valence-electron chi connectivity index (χ4n) is 6.56. The van der Waals surface area contributed by atoms with Gasteiger partial charge in [0.1, 0.15) is 11.9 Å². The number of cyclic esters (lactones) is 1. The van der Waals surface area contributed by atoms with Crippen LogP contribution in [-0.2, 0) is 15.7 Å². The summed E-state index contributed by atoms with van der Waals surface area (Å²) in [7, 11) is 1.60. The summed E-state index contributed by atoms with van der Waals surface area (Å²) in [6.45, 7) is 9.90. The van der Waals surface area contributed by atoms with Gasteiger partial charge in [-0.3, -0.25) is 9.69 Å². The number of carbonyl (C=O) groups excluding carboxylic acids is 2. The number of hydrogen-bond acceptors (Lipinski definition) is 4. The highest BCUT2D eigenvalue weighted by Crippen LogP contribution is 2.46. The van der Waals surface area contributed by atoms with Crippen LogP contribution in [0.5, 0.6) is 5.75 Å². The molecule has 1 fully saturated rings. The van der Waals surface area contributed by atoms with Crippen LogP contribution in [0.3, 0.4) is 0 Å². The van der Waals surface area contributed by atoms with Crippen molar-refractivity contribution < 1.29 is 32.2 Å². The predicted molar refractivity (Wildman–Crippen MR) is 173 cm³/mol. The molecule has 3 atom stereocenters. The number of allylic oxidation sites excluding steroid dienone is 1. The molecule has 0 saturated carbocycles. The van der Waals surface area contributed by atoms with Crippen molar-refractivity contribution in [2.75, 3.05) is 19.0 Å². The summed E-state index contributed by atoms with van der Waals surface area (Å²) < 4.78 is 52.3. The molecule has 6 nitrogen and oxygen atoms in total. The average Bonchev–Trinajstić information content (AvgIpc) is 3.28. The largest absolute Gasteiger partial charge is 0.496 e. The van der Waals surface area contributed by atoms with E-state index >= 15 is 0 Å². The van der Waals surface area contributed by atoms with Gasteiger partial charge in [0.15, 0.2) is 0 Å². The topological polar surface area (TPSA) is 67.9 Å². The predicted octanol–water partition coefficient (Wildman–Crippen LogP) is 9.31. The number of aryl methyl sites for hydroxylation is 1. The number of benzene rings is 3. The average molecular weight is 635 g/mol. The van der Waals surface area contributed by atoms with Gasteiger partial charge in [0.2, 0.25) is 5.91 Å². The van der Waals surface area contributed by atoms with Crippen molar-refractivity contribution in [1.82, 2.24) is 4.90 Å². The van der Waals surface area contributed by atoms with E-state index in [1.54, 1.807) is 25.0 Å². The standard InChI is InChI=1S/C37H41F3N2O4/c1-22-16-26(18-28(17-22)37(38,39)40)33-24(3)42(35(44)46-33)21-27-20-36(4,5)15-14-30(27)31-19-29(12-13-32(31)45-6)41-34(43)23(2)25-10-8-7-9-11-25/h7-13,16-19,23-24,33H,14-15,20-21H2,1-6H3,(H,41,43)/t23-,24-,33-/m0/s1. The van der Waals surface area contributed by atoms with Gasteiger partial charge in [-0.2, -0.15) is 13.2 Å². The maximum Gasteiger partial charge on any atom is 0.416 e. The number of anilines is 1. The Morgan fingerprint density at radius 1 is 1.11 bits per heavy atom. The molecule has 9 heteroatoms. The molecule has 0 aromatic heterocycles. The van der Waals surface area contributed by atoms with Crippen LogP contribution in [0.1, 0.15) is 86.8 Å². The molecule has 1 saturated heterocycles. The van der Waals surface area contributed by atoms with E-state index < -0.39 is 30.0 Å². The number of methoxy groups -OCH3 is 1. The summed E-state index contributed by atoms with van der Waals surface area (Å²) in [5.41, 5.74) is 4.41. The molecular formula is C37H41F3N2O4. The molecule has 0 unspecified atom stereocenters. The first-order chi connectivity index (χ1) is 21.7. The number of nitrogens with one attached hydrogen (secondary N) is 1. The quantitative estimate of drug-likeness (QED) is 0.268. The maximum absolute atomic E-state index is 13.6. The molecule has 244 valence electrons. The van der Waals surface area contributed by atoms with Gasteiger partial charge in [0.05, 0.1) is 24.6 Å². The molecule has 2 amide bonds. The van der Waals surface area contributed by atoms with Gasteiger partial charge in [-0.25, -0.2) is 4.79 Å². The molecule has 5 rings (SSSR count). The third-order valence-electron chi connectivity index (χ3n) is 9.16. The number of ether oxygens (including phenoxy) is 2. The van der Waals surface area contributed by atoms with Crippen LogP contribution in [0.25, 0.3) is 5.57 Å². The minimum atomic E-state index is -4.51. The molecule has 1 N–H and O–H groups in total. The molecule has 2 aliphatic rings. The fraction of sp³-hybridized carbons (Fsp3) is 0.405. The summed E-state index contributed by atoms with van der Waals surface area (Å²) in [6.07, 6.45) is -3.57. The monoisotopic (exact) mass is 634 g/mol. The summed E-state index contributed by atoms with van der Waals surface area (Å²) in [4.78, 5) is 28.1. The Hall–Kier alpha value is -4.27. The van der Waals surface area contributed by atoms with Crippen LogP contribution in [0, 0.1) is 12.3 Å². The molecular weight excluding hydrogens is 593 g/mol. The molecule has 1 aliphatic carbocycles. The number of halogens is 3. The summed E-state index contributed by atoms with van der Waals surface area (Å²) >= 11 is 0. The van der Waals surface area contributed by atoms with Crippen molar-refractivity contribution in [1.29, 1.82) is 0 Å². The first kappa shape index (κ1) is 33.1.